The summed E-state index contributed by atoms with van der Waals surface area (Å²) in [5.74, 6) is -0.276. The normalized spacial score (nSPS) is 11.6. The maximum absolute atomic E-state index is 13.6. The lowest BCUT2D eigenvalue weighted by Crippen LogP contribution is -2.39. The van der Waals surface area contributed by atoms with Crippen LogP contribution in [0.25, 0.3) is 21.5 Å². The topological polar surface area (TPSA) is 88.1 Å². The van der Waals surface area contributed by atoms with E-state index in [9.17, 15) is 13.2 Å². The zero-order chi connectivity index (χ0) is 26.5. The van der Waals surface area contributed by atoms with Crippen molar-refractivity contribution < 1.29 is 17.9 Å². The summed E-state index contributed by atoms with van der Waals surface area (Å²) in [6, 6.07) is 32.6. The van der Waals surface area contributed by atoms with Gasteiger partial charge in [0.15, 0.2) is 0 Å². The van der Waals surface area contributed by atoms with Crippen molar-refractivity contribution in [2.24, 2.45) is 5.10 Å². The highest BCUT2D eigenvalue weighted by atomic mass is 32.2. The molecular formula is C30H25N3O4S. The summed E-state index contributed by atoms with van der Waals surface area (Å²) in [6.45, 7) is -0.495. The van der Waals surface area contributed by atoms with Gasteiger partial charge in [-0.25, -0.2) is 13.8 Å². The van der Waals surface area contributed by atoms with Gasteiger partial charge in [0.05, 0.1) is 23.9 Å². The first kappa shape index (κ1) is 25.0. The predicted octanol–water partition coefficient (Wildman–Crippen LogP) is 5.35. The summed E-state index contributed by atoms with van der Waals surface area (Å²) in [6.07, 6.45) is 1.60. The second kappa shape index (κ2) is 10.7. The van der Waals surface area contributed by atoms with E-state index in [2.05, 4.69) is 16.6 Å². The smallest absolute Gasteiger partial charge is 0.264 e. The van der Waals surface area contributed by atoms with Crippen LogP contribution in [0.1, 0.15) is 5.56 Å². The Kier molecular flexibility index (Phi) is 7.06. The Bertz CT molecular complexity index is 1700. The molecule has 0 heterocycles. The molecule has 0 bridgehead atoms. The summed E-state index contributed by atoms with van der Waals surface area (Å²) < 4.78 is 33.6. The fourth-order valence-corrected chi connectivity index (χ4v) is 5.83. The number of nitrogens with one attached hydrogen (secondary N) is 1. The first-order valence-electron chi connectivity index (χ1n) is 11.9. The Labute approximate surface area is 221 Å². The molecule has 0 aliphatic rings. The van der Waals surface area contributed by atoms with Crippen molar-refractivity contribution in [3.63, 3.8) is 0 Å². The van der Waals surface area contributed by atoms with E-state index in [1.165, 1.54) is 19.2 Å². The Morgan fingerprint density at radius 2 is 1.42 bits per heavy atom. The minimum atomic E-state index is -4.08. The fourth-order valence-electron chi connectivity index (χ4n) is 4.38. The van der Waals surface area contributed by atoms with Crippen molar-refractivity contribution in [3.8, 4) is 5.75 Å². The number of sulfonamides is 1. The number of methoxy groups -OCH3 is 1. The van der Waals surface area contributed by atoms with E-state index in [1.807, 2.05) is 48.5 Å². The van der Waals surface area contributed by atoms with E-state index >= 15 is 0 Å². The average molecular weight is 524 g/mol. The van der Waals surface area contributed by atoms with Gasteiger partial charge >= 0.3 is 0 Å². The molecule has 0 saturated carbocycles. The standard InChI is InChI=1S/C30H25N3O4S/c1-37-29-18-10-9-17-28(29)33(38(35,36)24-13-3-2-4-14-24)21-30(34)32-31-20-27-25-15-7-5-11-22(25)19-23-12-6-8-16-26(23)27/h2-20H,21H2,1H3,(H,32,34)/b31-20-. The SMILES string of the molecule is COc1ccccc1N(CC(=O)N/N=C\c1c2ccccc2cc2ccccc12)S(=O)(=O)c1ccccc1. The summed E-state index contributed by atoms with van der Waals surface area (Å²) >= 11 is 0. The second-order valence-corrected chi connectivity index (χ2v) is 10.4. The van der Waals surface area contributed by atoms with Gasteiger partial charge in [-0.2, -0.15) is 5.10 Å². The van der Waals surface area contributed by atoms with Crippen LogP contribution >= 0.6 is 0 Å². The zero-order valence-corrected chi connectivity index (χ0v) is 21.4. The largest absolute Gasteiger partial charge is 0.495 e. The molecule has 0 aliphatic heterocycles. The first-order chi connectivity index (χ1) is 18.5. The number of anilines is 1. The van der Waals surface area contributed by atoms with Crippen LogP contribution in [0.5, 0.6) is 5.75 Å². The van der Waals surface area contributed by atoms with Crippen molar-refractivity contribution in [3.05, 3.63) is 115 Å². The molecule has 5 aromatic rings. The minimum Gasteiger partial charge on any atom is -0.495 e. The van der Waals surface area contributed by atoms with Crippen molar-refractivity contribution >= 4 is 49.4 Å². The third-order valence-electron chi connectivity index (χ3n) is 6.17. The van der Waals surface area contributed by atoms with Crippen LogP contribution in [0, 0.1) is 0 Å². The van der Waals surface area contributed by atoms with E-state index < -0.39 is 22.5 Å². The summed E-state index contributed by atoms with van der Waals surface area (Å²) in [7, 11) is -2.63. The Hall–Kier alpha value is -4.69. The Morgan fingerprint density at radius 1 is 0.842 bits per heavy atom. The highest BCUT2D eigenvalue weighted by Crippen LogP contribution is 2.32. The molecule has 0 aromatic heterocycles. The van der Waals surface area contributed by atoms with Gasteiger partial charge in [-0.05, 0) is 51.9 Å². The van der Waals surface area contributed by atoms with Crippen LogP contribution < -0.4 is 14.5 Å². The number of rotatable bonds is 8. The van der Waals surface area contributed by atoms with Crippen LogP contribution in [-0.2, 0) is 14.8 Å². The molecule has 0 spiro atoms. The molecule has 38 heavy (non-hydrogen) atoms. The van der Waals surface area contributed by atoms with Gasteiger partial charge in [-0.1, -0.05) is 78.9 Å². The highest BCUT2D eigenvalue weighted by Gasteiger charge is 2.29. The lowest BCUT2D eigenvalue weighted by Gasteiger charge is -2.25. The number of hydrogen-bond acceptors (Lipinski definition) is 5. The predicted molar refractivity (Wildman–Crippen MR) is 151 cm³/mol. The number of hydrogen-bond donors (Lipinski definition) is 1. The van der Waals surface area contributed by atoms with Crippen molar-refractivity contribution in [2.75, 3.05) is 18.0 Å². The van der Waals surface area contributed by atoms with Gasteiger partial charge in [0.1, 0.15) is 12.3 Å². The molecule has 0 unspecified atom stereocenters. The van der Waals surface area contributed by atoms with Crippen molar-refractivity contribution in [2.45, 2.75) is 4.90 Å². The second-order valence-electron chi connectivity index (χ2n) is 8.52. The van der Waals surface area contributed by atoms with Gasteiger partial charge in [0.2, 0.25) is 0 Å². The summed E-state index contributed by atoms with van der Waals surface area (Å²) in [5.41, 5.74) is 3.61. The lowest BCUT2D eigenvalue weighted by molar-refractivity contribution is -0.119. The lowest BCUT2D eigenvalue weighted by atomic mass is 9.97. The van der Waals surface area contributed by atoms with E-state index in [0.29, 0.717) is 5.75 Å². The zero-order valence-electron chi connectivity index (χ0n) is 20.6. The third kappa shape index (κ3) is 4.94. The number of benzene rings is 5. The monoisotopic (exact) mass is 523 g/mol. The molecule has 0 fully saturated rings. The molecule has 1 N–H and O–H groups in total. The average Bonchev–Trinajstić information content (AvgIpc) is 2.96. The summed E-state index contributed by atoms with van der Waals surface area (Å²) in [4.78, 5) is 13.1. The number of amides is 1. The Morgan fingerprint density at radius 3 is 2.08 bits per heavy atom. The highest BCUT2D eigenvalue weighted by molar-refractivity contribution is 7.92. The van der Waals surface area contributed by atoms with Crippen LogP contribution in [0.2, 0.25) is 0 Å². The molecule has 1 amide bonds. The molecule has 0 radical (unpaired) electrons. The van der Waals surface area contributed by atoms with Crippen LogP contribution in [0.15, 0.2) is 119 Å². The number of para-hydroxylation sites is 2. The van der Waals surface area contributed by atoms with Gasteiger partial charge in [-0.3, -0.25) is 9.10 Å². The number of hydrazone groups is 1. The quantitative estimate of drug-likeness (QED) is 0.169. The number of ether oxygens (including phenoxy) is 1. The third-order valence-corrected chi connectivity index (χ3v) is 7.94. The van der Waals surface area contributed by atoms with E-state index in [1.54, 1.807) is 48.7 Å². The summed E-state index contributed by atoms with van der Waals surface area (Å²) in [5, 5.41) is 8.30. The van der Waals surface area contributed by atoms with Gasteiger partial charge < -0.3 is 4.74 Å². The molecule has 0 aliphatic carbocycles. The number of carbonyl (C=O) groups excluding carboxylic acids is 1. The van der Waals surface area contributed by atoms with Gasteiger partial charge in [0.25, 0.3) is 15.9 Å². The van der Waals surface area contributed by atoms with Gasteiger partial charge in [0, 0.05) is 5.56 Å². The van der Waals surface area contributed by atoms with Crippen molar-refractivity contribution in [1.82, 2.24) is 5.43 Å². The molecule has 190 valence electrons. The fraction of sp³-hybridized carbons (Fsp3) is 0.0667. The molecule has 5 aromatic carbocycles. The molecule has 8 heteroatoms. The van der Waals surface area contributed by atoms with Crippen LogP contribution in [-0.4, -0.2) is 34.2 Å². The number of carbonyl (C=O) groups is 1. The Balaban J connectivity index is 1.46. The molecule has 0 atom stereocenters. The molecule has 5 rings (SSSR count). The maximum Gasteiger partial charge on any atom is 0.264 e. The number of fused-ring (bicyclic) bond motifs is 2. The van der Waals surface area contributed by atoms with Gasteiger partial charge in [-0.15, -0.1) is 0 Å². The molecule has 0 saturated heterocycles. The minimum absolute atomic E-state index is 0.0597. The van der Waals surface area contributed by atoms with E-state index in [4.69, 9.17) is 4.74 Å². The van der Waals surface area contributed by atoms with E-state index in [0.717, 1.165) is 31.4 Å². The van der Waals surface area contributed by atoms with Crippen LogP contribution in [0.4, 0.5) is 5.69 Å². The van der Waals surface area contributed by atoms with Crippen molar-refractivity contribution in [1.29, 1.82) is 0 Å². The maximum atomic E-state index is 13.6. The van der Waals surface area contributed by atoms with Crippen LogP contribution in [0.3, 0.4) is 0 Å². The molecular weight excluding hydrogens is 498 g/mol. The first-order valence-corrected chi connectivity index (χ1v) is 13.4. The molecule has 7 nitrogen and oxygen atoms in total. The number of nitrogens with zero attached hydrogens (tertiary/aromatic N) is 2. The van der Waals surface area contributed by atoms with E-state index in [-0.39, 0.29) is 10.6 Å².